The van der Waals surface area contributed by atoms with E-state index in [0.717, 1.165) is 31.1 Å². The normalized spacial score (nSPS) is 20.5. The van der Waals surface area contributed by atoms with E-state index in [0.29, 0.717) is 24.4 Å². The number of urea groups is 1. The third kappa shape index (κ3) is 4.61. The van der Waals surface area contributed by atoms with E-state index in [2.05, 4.69) is 17.6 Å². The van der Waals surface area contributed by atoms with E-state index in [9.17, 15) is 13.6 Å². The van der Waals surface area contributed by atoms with Gasteiger partial charge in [0.2, 0.25) is 0 Å². The summed E-state index contributed by atoms with van der Waals surface area (Å²) in [6.45, 7) is 5.07. The van der Waals surface area contributed by atoms with Crippen LogP contribution in [-0.2, 0) is 5.41 Å². The van der Waals surface area contributed by atoms with Gasteiger partial charge in [0.1, 0.15) is 17.4 Å². The summed E-state index contributed by atoms with van der Waals surface area (Å²) in [4.78, 5) is 12.3. The monoisotopic (exact) mass is 388 g/mol. The van der Waals surface area contributed by atoms with Crippen molar-refractivity contribution in [2.24, 2.45) is 5.92 Å². The molecule has 6 heteroatoms. The summed E-state index contributed by atoms with van der Waals surface area (Å²) in [5.41, 5.74) is 0.619. The van der Waals surface area contributed by atoms with E-state index in [1.54, 1.807) is 12.1 Å². The first kappa shape index (κ1) is 20.1. The minimum absolute atomic E-state index is 0.215. The number of ether oxygens (including phenoxy) is 1. The van der Waals surface area contributed by atoms with E-state index in [-0.39, 0.29) is 11.9 Å². The van der Waals surface area contributed by atoms with Crippen molar-refractivity contribution >= 4 is 11.7 Å². The average molecular weight is 388 g/mol. The van der Waals surface area contributed by atoms with Crippen molar-refractivity contribution in [3.63, 3.8) is 0 Å². The van der Waals surface area contributed by atoms with Crippen molar-refractivity contribution in [1.82, 2.24) is 5.32 Å². The highest BCUT2D eigenvalue weighted by atomic mass is 19.1. The first-order valence-corrected chi connectivity index (χ1v) is 9.68. The molecule has 0 spiro atoms. The largest absolute Gasteiger partial charge is 0.494 e. The quantitative estimate of drug-likeness (QED) is 0.608. The van der Waals surface area contributed by atoms with Crippen molar-refractivity contribution < 1.29 is 18.3 Å². The molecular weight excluding hydrogens is 362 g/mol. The van der Waals surface area contributed by atoms with Gasteiger partial charge in [-0.2, -0.15) is 0 Å². The van der Waals surface area contributed by atoms with Crippen LogP contribution in [0.1, 0.15) is 38.7 Å². The topological polar surface area (TPSA) is 50.4 Å². The molecule has 150 valence electrons. The number of nitrogens with one attached hydrogen (secondary N) is 2. The Labute approximate surface area is 164 Å². The van der Waals surface area contributed by atoms with Gasteiger partial charge in [0, 0.05) is 23.7 Å². The molecule has 0 saturated heterocycles. The summed E-state index contributed by atoms with van der Waals surface area (Å²) in [7, 11) is 0. The maximum absolute atomic E-state index is 14.2. The number of halogens is 2. The fraction of sp³-hybridized carbons (Fsp3) is 0.409. The summed E-state index contributed by atoms with van der Waals surface area (Å²) < 4.78 is 33.0. The van der Waals surface area contributed by atoms with Crippen LogP contribution in [0.4, 0.5) is 19.3 Å². The molecule has 3 rings (SSSR count). The van der Waals surface area contributed by atoms with Gasteiger partial charge in [0.15, 0.2) is 0 Å². The Morgan fingerprint density at radius 2 is 1.93 bits per heavy atom. The molecule has 1 fully saturated rings. The lowest BCUT2D eigenvalue weighted by atomic mass is 9.93. The molecule has 2 N–H and O–H groups in total. The maximum atomic E-state index is 14.2. The first-order chi connectivity index (χ1) is 13.4. The van der Waals surface area contributed by atoms with Gasteiger partial charge < -0.3 is 15.4 Å². The molecule has 0 bridgehead atoms. The van der Waals surface area contributed by atoms with E-state index in [1.165, 1.54) is 12.1 Å². The van der Waals surface area contributed by atoms with Crippen LogP contribution in [0, 0.1) is 17.6 Å². The van der Waals surface area contributed by atoms with Crippen molar-refractivity contribution in [3.05, 3.63) is 59.7 Å². The van der Waals surface area contributed by atoms with Crippen LogP contribution in [0.25, 0.3) is 0 Å². The zero-order valence-electron chi connectivity index (χ0n) is 16.2. The van der Waals surface area contributed by atoms with Crippen LogP contribution in [-0.4, -0.2) is 19.2 Å². The number of hydrogen-bond acceptors (Lipinski definition) is 2. The molecule has 2 amide bonds. The van der Waals surface area contributed by atoms with Gasteiger partial charge in [-0.3, -0.25) is 0 Å². The molecule has 0 radical (unpaired) electrons. The molecule has 1 aliphatic rings. The molecule has 2 aromatic carbocycles. The van der Waals surface area contributed by atoms with Crippen molar-refractivity contribution in [2.75, 3.05) is 18.5 Å². The molecule has 0 aliphatic heterocycles. The molecule has 0 aromatic heterocycles. The highest BCUT2D eigenvalue weighted by Gasteiger charge is 2.53. The Morgan fingerprint density at radius 3 is 2.54 bits per heavy atom. The number of benzene rings is 2. The summed E-state index contributed by atoms with van der Waals surface area (Å²) in [6, 6.07) is 10.4. The highest BCUT2D eigenvalue weighted by Crippen LogP contribution is 2.54. The van der Waals surface area contributed by atoms with Gasteiger partial charge in [-0.1, -0.05) is 26.3 Å². The average Bonchev–Trinajstić information content (AvgIpc) is 3.32. The van der Waals surface area contributed by atoms with Gasteiger partial charge in [-0.15, -0.1) is 0 Å². The Balaban J connectivity index is 1.55. The Morgan fingerprint density at radius 1 is 1.21 bits per heavy atom. The number of unbranched alkanes of at least 4 members (excludes halogenated alkanes) is 1. The number of hydrogen-bond donors (Lipinski definition) is 2. The van der Waals surface area contributed by atoms with Gasteiger partial charge in [-0.05, 0) is 54.7 Å². The lowest BCUT2D eigenvalue weighted by molar-refractivity contribution is 0.250. The molecule has 0 heterocycles. The highest BCUT2D eigenvalue weighted by molar-refractivity contribution is 5.89. The van der Waals surface area contributed by atoms with Crippen LogP contribution < -0.4 is 15.4 Å². The van der Waals surface area contributed by atoms with Crippen LogP contribution in [0.5, 0.6) is 5.75 Å². The van der Waals surface area contributed by atoms with Crippen molar-refractivity contribution in [3.8, 4) is 5.75 Å². The number of carbonyl (C=O) groups is 1. The Hall–Kier alpha value is -2.63. The molecule has 2 atom stereocenters. The minimum atomic E-state index is -0.600. The van der Waals surface area contributed by atoms with E-state index < -0.39 is 17.0 Å². The second-order valence-electron chi connectivity index (χ2n) is 7.42. The number of rotatable bonds is 8. The lowest BCUT2D eigenvalue weighted by Crippen LogP contribution is -2.36. The standard InChI is InChI=1S/C22H26F2N2O2/c1-3-4-11-28-18-8-6-17(7-9-18)26-21(27)25-14-22(13-15(22)2)19-10-5-16(23)12-20(19)24/h5-10,12,15H,3-4,11,13-14H2,1-2H3,(H2,25,26,27). The van der Waals surface area contributed by atoms with Gasteiger partial charge in [0.25, 0.3) is 0 Å². The molecule has 2 aromatic rings. The van der Waals surface area contributed by atoms with E-state index in [1.807, 2.05) is 19.1 Å². The SMILES string of the molecule is CCCCOc1ccc(NC(=O)NCC2(c3ccc(F)cc3F)CC2C)cc1. The van der Waals surface area contributed by atoms with Crippen LogP contribution in [0.15, 0.2) is 42.5 Å². The fourth-order valence-electron chi connectivity index (χ4n) is 3.48. The summed E-state index contributed by atoms with van der Waals surface area (Å²) >= 11 is 0. The zero-order chi connectivity index (χ0) is 20.1. The van der Waals surface area contributed by atoms with E-state index in [4.69, 9.17) is 4.74 Å². The predicted molar refractivity (Wildman–Crippen MR) is 106 cm³/mol. The second-order valence-corrected chi connectivity index (χ2v) is 7.42. The van der Waals surface area contributed by atoms with Crippen molar-refractivity contribution in [1.29, 1.82) is 0 Å². The number of carbonyl (C=O) groups excluding carboxylic acids is 1. The Bertz CT molecular complexity index is 826. The zero-order valence-corrected chi connectivity index (χ0v) is 16.2. The second kappa shape index (κ2) is 8.59. The minimum Gasteiger partial charge on any atom is -0.494 e. The van der Waals surface area contributed by atoms with Gasteiger partial charge in [-0.25, -0.2) is 13.6 Å². The molecular formula is C22H26F2N2O2. The summed E-state index contributed by atoms with van der Waals surface area (Å²) in [5.74, 6) is -0.188. The first-order valence-electron chi connectivity index (χ1n) is 9.68. The Kier molecular flexibility index (Phi) is 6.17. The lowest BCUT2D eigenvalue weighted by Gasteiger charge is -2.19. The smallest absolute Gasteiger partial charge is 0.319 e. The molecule has 1 saturated carbocycles. The van der Waals surface area contributed by atoms with E-state index >= 15 is 0 Å². The third-order valence-corrected chi connectivity index (χ3v) is 5.36. The van der Waals surface area contributed by atoms with Gasteiger partial charge >= 0.3 is 6.03 Å². The number of anilines is 1. The van der Waals surface area contributed by atoms with Crippen LogP contribution in [0.3, 0.4) is 0 Å². The fourth-order valence-corrected chi connectivity index (χ4v) is 3.48. The van der Waals surface area contributed by atoms with Crippen molar-refractivity contribution in [2.45, 2.75) is 38.5 Å². The molecule has 28 heavy (non-hydrogen) atoms. The maximum Gasteiger partial charge on any atom is 0.319 e. The number of amides is 2. The van der Waals surface area contributed by atoms with Crippen LogP contribution >= 0.6 is 0 Å². The molecule has 4 nitrogen and oxygen atoms in total. The third-order valence-electron chi connectivity index (χ3n) is 5.36. The molecule has 2 unspecified atom stereocenters. The summed E-state index contributed by atoms with van der Waals surface area (Å²) in [6.07, 6.45) is 2.82. The summed E-state index contributed by atoms with van der Waals surface area (Å²) in [5, 5.41) is 5.59. The molecule has 1 aliphatic carbocycles. The van der Waals surface area contributed by atoms with Gasteiger partial charge in [0.05, 0.1) is 6.61 Å². The van der Waals surface area contributed by atoms with Crippen LogP contribution in [0.2, 0.25) is 0 Å². The predicted octanol–water partition coefficient (Wildman–Crippen LogP) is 5.24.